The van der Waals surface area contributed by atoms with Gasteiger partial charge in [-0.1, -0.05) is 11.6 Å². The van der Waals surface area contributed by atoms with Crippen LogP contribution in [0.4, 0.5) is 0 Å². The first-order chi connectivity index (χ1) is 6.75. The van der Waals surface area contributed by atoms with Crippen LogP contribution in [0.1, 0.15) is 38.5 Å². The van der Waals surface area contributed by atoms with Gasteiger partial charge in [-0.05, 0) is 37.7 Å². The topological polar surface area (TPSA) is 43.1 Å². The molecule has 0 saturated heterocycles. The van der Waals surface area contributed by atoms with Crippen LogP contribution in [0.15, 0.2) is 23.4 Å². The summed E-state index contributed by atoms with van der Waals surface area (Å²) in [4.78, 5) is 11.1. The van der Waals surface area contributed by atoms with Gasteiger partial charge in [-0.3, -0.25) is 4.79 Å². The molecular weight excluding hydrogens is 174 g/mol. The van der Waals surface area contributed by atoms with Gasteiger partial charge in [0.2, 0.25) is 0 Å². The van der Waals surface area contributed by atoms with Crippen LogP contribution in [0.2, 0.25) is 0 Å². The molecule has 1 saturated carbocycles. The zero-order chi connectivity index (χ0) is 9.97. The predicted molar refractivity (Wildman–Crippen MR) is 56.6 cm³/mol. The van der Waals surface area contributed by atoms with E-state index < -0.39 is 0 Å². The summed E-state index contributed by atoms with van der Waals surface area (Å²) in [5.74, 6) is 1.09. The molecule has 0 unspecified atom stereocenters. The van der Waals surface area contributed by atoms with Crippen molar-refractivity contribution in [1.82, 2.24) is 0 Å². The number of Topliss-reactive ketones (excluding diaryl/α,β-unsaturated/α-hetero) is 1. The average molecular weight is 191 g/mol. The third-order valence-corrected chi connectivity index (χ3v) is 3.28. The maximum Gasteiger partial charge on any atom is 0.132 e. The molecule has 0 amide bonds. The number of carbonyl (C=O) groups excluding carboxylic acids is 1. The van der Waals surface area contributed by atoms with E-state index in [1.165, 1.54) is 5.57 Å². The van der Waals surface area contributed by atoms with Gasteiger partial charge in [-0.2, -0.15) is 0 Å². The van der Waals surface area contributed by atoms with E-state index in [1.54, 1.807) is 0 Å². The van der Waals surface area contributed by atoms with Gasteiger partial charge < -0.3 is 5.73 Å². The van der Waals surface area contributed by atoms with Crippen molar-refractivity contribution in [2.24, 2.45) is 11.7 Å². The Kier molecular flexibility index (Phi) is 2.71. The molecule has 0 aliphatic heterocycles. The van der Waals surface area contributed by atoms with E-state index in [9.17, 15) is 4.79 Å². The summed E-state index contributed by atoms with van der Waals surface area (Å²) in [5, 5.41) is 0. The van der Waals surface area contributed by atoms with E-state index in [-0.39, 0.29) is 0 Å². The van der Waals surface area contributed by atoms with Crippen LogP contribution in [0, 0.1) is 5.92 Å². The van der Waals surface area contributed by atoms with Gasteiger partial charge in [-0.25, -0.2) is 0 Å². The van der Waals surface area contributed by atoms with E-state index in [0.29, 0.717) is 11.7 Å². The van der Waals surface area contributed by atoms with E-state index in [0.717, 1.165) is 44.2 Å². The minimum absolute atomic E-state index is 0.438. The van der Waals surface area contributed by atoms with Crippen LogP contribution < -0.4 is 5.73 Å². The number of hydrogen-bond donors (Lipinski definition) is 1. The summed E-state index contributed by atoms with van der Waals surface area (Å²) in [6.07, 6.45) is 9.95. The van der Waals surface area contributed by atoms with Crippen molar-refractivity contribution < 1.29 is 4.79 Å². The second kappa shape index (κ2) is 3.99. The third kappa shape index (κ3) is 2.06. The van der Waals surface area contributed by atoms with Gasteiger partial charge in [0.1, 0.15) is 5.78 Å². The number of carbonyl (C=O) groups is 1. The van der Waals surface area contributed by atoms with Crippen LogP contribution in [-0.4, -0.2) is 5.78 Å². The fourth-order valence-electron chi connectivity index (χ4n) is 2.32. The van der Waals surface area contributed by atoms with Gasteiger partial charge in [0.15, 0.2) is 0 Å². The number of nitrogens with two attached hydrogens (primary N) is 1. The summed E-state index contributed by atoms with van der Waals surface area (Å²) in [6, 6.07) is 0. The molecule has 0 aromatic heterocycles. The zero-order valence-electron chi connectivity index (χ0n) is 8.46. The van der Waals surface area contributed by atoms with Crippen molar-refractivity contribution in [3.8, 4) is 0 Å². The van der Waals surface area contributed by atoms with E-state index in [2.05, 4.69) is 6.08 Å². The Morgan fingerprint density at radius 2 is 1.79 bits per heavy atom. The van der Waals surface area contributed by atoms with Gasteiger partial charge in [0, 0.05) is 18.5 Å². The van der Waals surface area contributed by atoms with Gasteiger partial charge >= 0.3 is 0 Å². The summed E-state index contributed by atoms with van der Waals surface area (Å²) in [7, 11) is 0. The molecule has 2 N–H and O–H groups in total. The minimum atomic E-state index is 0.438. The Morgan fingerprint density at radius 1 is 1.07 bits per heavy atom. The Balaban J connectivity index is 1.99. The van der Waals surface area contributed by atoms with E-state index >= 15 is 0 Å². The molecule has 2 aliphatic rings. The number of ketones is 1. The van der Waals surface area contributed by atoms with Crippen LogP contribution >= 0.6 is 0 Å². The first-order valence-electron chi connectivity index (χ1n) is 5.42. The molecule has 0 radical (unpaired) electrons. The van der Waals surface area contributed by atoms with Crippen LogP contribution in [-0.2, 0) is 4.79 Å². The maximum absolute atomic E-state index is 11.1. The second-order valence-corrected chi connectivity index (χ2v) is 4.30. The SMILES string of the molecule is NC1=CC=C(C2CCC(=O)CC2)CC1. The lowest BCUT2D eigenvalue weighted by molar-refractivity contribution is -0.120. The van der Waals surface area contributed by atoms with Crippen LogP contribution in [0.3, 0.4) is 0 Å². The molecule has 76 valence electrons. The number of rotatable bonds is 1. The molecule has 2 heteroatoms. The fraction of sp³-hybridized carbons (Fsp3) is 0.583. The molecule has 2 rings (SSSR count). The van der Waals surface area contributed by atoms with Crippen LogP contribution in [0.25, 0.3) is 0 Å². The quantitative estimate of drug-likeness (QED) is 0.691. The summed E-state index contributed by atoms with van der Waals surface area (Å²) < 4.78 is 0. The smallest absolute Gasteiger partial charge is 0.132 e. The van der Waals surface area contributed by atoms with Crippen molar-refractivity contribution in [2.45, 2.75) is 38.5 Å². The van der Waals surface area contributed by atoms with Crippen LogP contribution in [0.5, 0.6) is 0 Å². The Labute approximate surface area is 84.9 Å². The predicted octanol–water partition coefficient (Wildman–Crippen LogP) is 2.31. The third-order valence-electron chi connectivity index (χ3n) is 3.28. The van der Waals surface area contributed by atoms with Crippen molar-refractivity contribution in [3.63, 3.8) is 0 Å². The Bertz CT molecular complexity index is 291. The second-order valence-electron chi connectivity index (χ2n) is 4.30. The highest BCUT2D eigenvalue weighted by molar-refractivity contribution is 5.79. The van der Waals surface area contributed by atoms with E-state index in [4.69, 9.17) is 5.73 Å². The van der Waals surface area contributed by atoms with Gasteiger partial charge in [-0.15, -0.1) is 0 Å². The largest absolute Gasteiger partial charge is 0.402 e. The highest BCUT2D eigenvalue weighted by Crippen LogP contribution is 2.32. The van der Waals surface area contributed by atoms with Crippen molar-refractivity contribution in [1.29, 1.82) is 0 Å². The monoisotopic (exact) mass is 191 g/mol. The standard InChI is InChI=1S/C12H17NO/c13-11-5-1-9(2-6-11)10-3-7-12(14)8-4-10/h1,5,10H,2-4,6-8,13H2. The summed E-state index contributed by atoms with van der Waals surface area (Å²) >= 11 is 0. The first kappa shape index (κ1) is 9.50. The van der Waals surface area contributed by atoms with Gasteiger partial charge in [0.05, 0.1) is 0 Å². The minimum Gasteiger partial charge on any atom is -0.402 e. The van der Waals surface area contributed by atoms with Crippen molar-refractivity contribution in [3.05, 3.63) is 23.4 Å². The lowest BCUT2D eigenvalue weighted by atomic mass is 9.80. The highest BCUT2D eigenvalue weighted by Gasteiger charge is 2.22. The molecule has 0 aromatic rings. The zero-order valence-corrected chi connectivity index (χ0v) is 8.46. The Morgan fingerprint density at radius 3 is 2.36 bits per heavy atom. The molecule has 0 bridgehead atoms. The molecule has 2 nitrogen and oxygen atoms in total. The number of hydrogen-bond acceptors (Lipinski definition) is 2. The molecule has 0 spiro atoms. The Hall–Kier alpha value is -1.05. The molecule has 14 heavy (non-hydrogen) atoms. The van der Waals surface area contributed by atoms with Crippen molar-refractivity contribution >= 4 is 5.78 Å². The molecule has 0 atom stereocenters. The molecule has 0 aromatic carbocycles. The normalized spacial score (nSPS) is 24.4. The average Bonchev–Trinajstić information content (AvgIpc) is 2.21. The molecule has 2 aliphatic carbocycles. The molecular formula is C12H17NO. The van der Waals surface area contributed by atoms with Crippen molar-refractivity contribution in [2.75, 3.05) is 0 Å². The number of allylic oxidation sites excluding steroid dienone is 4. The molecule has 1 fully saturated rings. The highest BCUT2D eigenvalue weighted by atomic mass is 16.1. The van der Waals surface area contributed by atoms with E-state index in [1.807, 2.05) is 6.08 Å². The van der Waals surface area contributed by atoms with Gasteiger partial charge in [0.25, 0.3) is 0 Å². The lowest BCUT2D eigenvalue weighted by Gasteiger charge is -2.25. The summed E-state index contributed by atoms with van der Waals surface area (Å²) in [5.41, 5.74) is 8.20. The lowest BCUT2D eigenvalue weighted by Crippen LogP contribution is -2.17. The first-order valence-corrected chi connectivity index (χ1v) is 5.42. The maximum atomic E-state index is 11.1. The summed E-state index contributed by atoms with van der Waals surface area (Å²) in [6.45, 7) is 0. The molecule has 0 heterocycles. The fourth-order valence-corrected chi connectivity index (χ4v) is 2.32.